The van der Waals surface area contributed by atoms with E-state index in [4.69, 9.17) is 17.3 Å². The van der Waals surface area contributed by atoms with Gasteiger partial charge in [-0.3, -0.25) is 0 Å². The highest BCUT2D eigenvalue weighted by atomic mass is 35.5. The Hall–Kier alpha value is -1.32. The maximum absolute atomic E-state index is 6.16. The van der Waals surface area contributed by atoms with Crippen molar-refractivity contribution in [2.75, 3.05) is 0 Å². The van der Waals surface area contributed by atoms with Gasteiger partial charge in [0, 0.05) is 18.3 Å². The number of nitrogens with two attached hydrogens (primary N) is 1. The molecule has 0 aliphatic rings. The Morgan fingerprint density at radius 3 is 2.62 bits per heavy atom. The Bertz CT molecular complexity index is 517. The number of nitrogens with zero attached hydrogens (tertiary/aromatic N) is 2. The van der Waals surface area contributed by atoms with Gasteiger partial charge in [0.1, 0.15) is 5.82 Å². The molecule has 0 atom stereocenters. The second-order valence-electron chi connectivity index (χ2n) is 3.71. The Morgan fingerprint density at radius 1 is 1.38 bits per heavy atom. The molecule has 1 aromatic carbocycles. The van der Waals surface area contributed by atoms with Gasteiger partial charge in [0.05, 0.1) is 17.3 Å². The number of rotatable bonds is 2. The Balaban J connectivity index is 2.61. The van der Waals surface area contributed by atoms with Crippen LogP contribution >= 0.6 is 11.6 Å². The van der Waals surface area contributed by atoms with Crippen LogP contribution in [0.15, 0.2) is 24.3 Å². The maximum Gasteiger partial charge on any atom is 0.123 e. The summed E-state index contributed by atoms with van der Waals surface area (Å²) in [7, 11) is 1.96. The van der Waals surface area contributed by atoms with Crippen LogP contribution in [0.5, 0.6) is 0 Å². The summed E-state index contributed by atoms with van der Waals surface area (Å²) in [6.07, 6.45) is 0. The summed E-state index contributed by atoms with van der Waals surface area (Å²) in [5, 5.41) is 0.715. The first-order valence-corrected chi connectivity index (χ1v) is 5.50. The van der Waals surface area contributed by atoms with Crippen molar-refractivity contribution in [3.63, 3.8) is 0 Å². The van der Waals surface area contributed by atoms with Crippen molar-refractivity contribution in [2.45, 2.75) is 13.5 Å². The fourth-order valence-corrected chi connectivity index (χ4v) is 1.95. The molecular weight excluding hydrogens is 222 g/mol. The molecule has 1 heterocycles. The summed E-state index contributed by atoms with van der Waals surface area (Å²) in [6.45, 7) is 2.45. The molecule has 0 amide bonds. The largest absolute Gasteiger partial charge is 0.334 e. The summed E-state index contributed by atoms with van der Waals surface area (Å²) < 4.78 is 2.00. The normalized spacial score (nSPS) is 10.8. The molecule has 0 radical (unpaired) electrons. The predicted molar refractivity (Wildman–Crippen MR) is 66.3 cm³/mol. The number of hydrogen-bond acceptors (Lipinski definition) is 2. The molecule has 0 saturated heterocycles. The first-order chi connectivity index (χ1) is 7.65. The lowest BCUT2D eigenvalue weighted by Crippen LogP contribution is -2.05. The van der Waals surface area contributed by atoms with Crippen molar-refractivity contribution < 1.29 is 0 Å². The van der Waals surface area contributed by atoms with Gasteiger partial charge in [-0.25, -0.2) is 4.98 Å². The topological polar surface area (TPSA) is 43.8 Å². The van der Waals surface area contributed by atoms with Gasteiger partial charge in [0.25, 0.3) is 0 Å². The zero-order valence-corrected chi connectivity index (χ0v) is 10.1. The quantitative estimate of drug-likeness (QED) is 0.869. The number of imidazole rings is 1. The molecule has 0 bridgehead atoms. The summed E-state index contributed by atoms with van der Waals surface area (Å²) in [5.74, 6) is 0.868. The molecule has 16 heavy (non-hydrogen) atoms. The maximum atomic E-state index is 6.16. The zero-order valence-electron chi connectivity index (χ0n) is 9.37. The molecule has 0 spiro atoms. The van der Waals surface area contributed by atoms with Crippen molar-refractivity contribution in [3.8, 4) is 11.3 Å². The van der Waals surface area contributed by atoms with Crippen molar-refractivity contribution in [1.29, 1.82) is 0 Å². The fraction of sp³-hybridized carbons (Fsp3) is 0.250. The van der Waals surface area contributed by atoms with Crippen LogP contribution in [-0.4, -0.2) is 9.55 Å². The van der Waals surface area contributed by atoms with Gasteiger partial charge >= 0.3 is 0 Å². The fourth-order valence-electron chi connectivity index (χ4n) is 1.73. The monoisotopic (exact) mass is 235 g/mol. The number of benzene rings is 1. The molecule has 2 aromatic rings. The van der Waals surface area contributed by atoms with Gasteiger partial charge in [-0.05, 0) is 13.0 Å². The summed E-state index contributed by atoms with van der Waals surface area (Å²) in [6, 6.07) is 7.70. The third-order valence-corrected chi connectivity index (χ3v) is 3.11. The Kier molecular flexibility index (Phi) is 2.99. The predicted octanol–water partition coefficient (Wildman–Crippen LogP) is 2.51. The SMILES string of the molecule is Cc1c(-c2ccccc2Cl)nc(CN)n1C. The molecule has 4 heteroatoms. The lowest BCUT2D eigenvalue weighted by molar-refractivity contribution is 0.774. The van der Waals surface area contributed by atoms with E-state index in [1.807, 2.05) is 42.8 Å². The van der Waals surface area contributed by atoms with Gasteiger partial charge in [0.2, 0.25) is 0 Å². The lowest BCUT2D eigenvalue weighted by Gasteiger charge is -2.02. The van der Waals surface area contributed by atoms with Gasteiger partial charge in [-0.15, -0.1) is 0 Å². The van der Waals surface area contributed by atoms with Crippen LogP contribution in [-0.2, 0) is 13.6 Å². The van der Waals surface area contributed by atoms with E-state index in [0.29, 0.717) is 11.6 Å². The van der Waals surface area contributed by atoms with Gasteiger partial charge in [0.15, 0.2) is 0 Å². The Labute approximate surface area is 99.9 Å². The van der Waals surface area contributed by atoms with Crippen LogP contribution in [0, 0.1) is 6.92 Å². The second kappa shape index (κ2) is 4.28. The van der Waals surface area contributed by atoms with E-state index in [1.165, 1.54) is 0 Å². The van der Waals surface area contributed by atoms with E-state index < -0.39 is 0 Å². The van der Waals surface area contributed by atoms with E-state index in [1.54, 1.807) is 0 Å². The highest BCUT2D eigenvalue weighted by Crippen LogP contribution is 2.29. The first-order valence-electron chi connectivity index (χ1n) is 5.12. The second-order valence-corrected chi connectivity index (χ2v) is 4.11. The standard InChI is InChI=1S/C12H14ClN3/c1-8-12(15-11(7-14)16(8)2)9-5-3-4-6-10(9)13/h3-6H,7,14H2,1-2H3. The number of halogens is 1. The van der Waals surface area contributed by atoms with Crippen molar-refractivity contribution in [1.82, 2.24) is 9.55 Å². The average Bonchev–Trinajstić information content (AvgIpc) is 2.57. The van der Waals surface area contributed by atoms with Crippen LogP contribution < -0.4 is 5.73 Å². The van der Waals surface area contributed by atoms with Crippen LogP contribution in [0.1, 0.15) is 11.5 Å². The van der Waals surface area contributed by atoms with E-state index in [0.717, 1.165) is 22.8 Å². The molecule has 3 nitrogen and oxygen atoms in total. The minimum atomic E-state index is 0.432. The van der Waals surface area contributed by atoms with E-state index >= 15 is 0 Å². The van der Waals surface area contributed by atoms with Crippen molar-refractivity contribution in [3.05, 3.63) is 40.8 Å². The number of aromatic nitrogens is 2. The zero-order chi connectivity index (χ0) is 11.7. The van der Waals surface area contributed by atoms with E-state index in [-0.39, 0.29) is 0 Å². The molecule has 2 rings (SSSR count). The van der Waals surface area contributed by atoms with Gasteiger partial charge in [-0.2, -0.15) is 0 Å². The highest BCUT2D eigenvalue weighted by molar-refractivity contribution is 6.33. The van der Waals surface area contributed by atoms with Crippen LogP contribution in [0.4, 0.5) is 0 Å². The van der Waals surface area contributed by atoms with Crippen molar-refractivity contribution >= 4 is 11.6 Å². The molecule has 0 aliphatic carbocycles. The molecule has 0 fully saturated rings. The van der Waals surface area contributed by atoms with E-state index in [2.05, 4.69) is 4.98 Å². The molecule has 0 aliphatic heterocycles. The third-order valence-electron chi connectivity index (χ3n) is 2.79. The minimum absolute atomic E-state index is 0.432. The summed E-state index contributed by atoms with van der Waals surface area (Å²) in [4.78, 5) is 4.51. The van der Waals surface area contributed by atoms with Gasteiger partial charge in [-0.1, -0.05) is 29.8 Å². The first kappa shape index (κ1) is 11.2. The minimum Gasteiger partial charge on any atom is -0.334 e. The third kappa shape index (κ3) is 1.72. The Morgan fingerprint density at radius 2 is 2.06 bits per heavy atom. The van der Waals surface area contributed by atoms with Gasteiger partial charge < -0.3 is 10.3 Å². The molecular formula is C12H14ClN3. The molecule has 0 unspecified atom stereocenters. The molecule has 1 aromatic heterocycles. The average molecular weight is 236 g/mol. The van der Waals surface area contributed by atoms with Crippen LogP contribution in [0.3, 0.4) is 0 Å². The number of hydrogen-bond donors (Lipinski definition) is 1. The summed E-state index contributed by atoms with van der Waals surface area (Å²) in [5.41, 5.74) is 8.58. The summed E-state index contributed by atoms with van der Waals surface area (Å²) >= 11 is 6.16. The highest BCUT2D eigenvalue weighted by Gasteiger charge is 2.13. The van der Waals surface area contributed by atoms with Crippen LogP contribution in [0.2, 0.25) is 5.02 Å². The van der Waals surface area contributed by atoms with E-state index in [9.17, 15) is 0 Å². The lowest BCUT2D eigenvalue weighted by atomic mass is 10.1. The van der Waals surface area contributed by atoms with Crippen LogP contribution in [0.25, 0.3) is 11.3 Å². The van der Waals surface area contributed by atoms with Crippen molar-refractivity contribution in [2.24, 2.45) is 12.8 Å². The molecule has 2 N–H and O–H groups in total. The molecule has 0 saturated carbocycles. The smallest absolute Gasteiger partial charge is 0.123 e. The molecule has 84 valence electrons.